The number of nitrogens with one attached hydrogen (secondary N) is 1. The van der Waals surface area contributed by atoms with Crippen LogP contribution in [0.4, 0.5) is 24.0 Å². The van der Waals surface area contributed by atoms with Crippen molar-refractivity contribution >= 4 is 28.1 Å². The van der Waals surface area contributed by atoms with Crippen LogP contribution in [0, 0.1) is 20.8 Å². The van der Waals surface area contributed by atoms with Crippen LogP contribution < -0.4 is 11.1 Å². The fourth-order valence-electron chi connectivity index (χ4n) is 2.23. The number of halogens is 3. The highest BCUT2D eigenvalue weighted by molar-refractivity contribution is 7.17. The summed E-state index contributed by atoms with van der Waals surface area (Å²) < 4.78 is 38.6. The Labute approximate surface area is 129 Å². The number of hydrogen-bond donors (Lipinski definition) is 2. The molecule has 8 heteroatoms. The van der Waals surface area contributed by atoms with Gasteiger partial charge in [-0.1, -0.05) is 29.0 Å². The Morgan fingerprint density at radius 1 is 1.23 bits per heavy atom. The highest BCUT2D eigenvalue weighted by atomic mass is 32.1. The van der Waals surface area contributed by atoms with Crippen molar-refractivity contribution in [3.05, 3.63) is 39.4 Å². The molecule has 1 aromatic heterocycles. The van der Waals surface area contributed by atoms with Crippen LogP contribution in [0.5, 0.6) is 0 Å². The number of hydrogen-bond acceptors (Lipinski definition) is 4. The monoisotopic (exact) mass is 329 g/mol. The lowest BCUT2D eigenvalue weighted by molar-refractivity contribution is -0.140. The second-order valence-corrected chi connectivity index (χ2v) is 5.99. The molecule has 0 aliphatic rings. The average molecular weight is 329 g/mol. The molecule has 1 amide bonds. The fourth-order valence-corrected chi connectivity index (χ4v) is 2.98. The third kappa shape index (κ3) is 3.22. The van der Waals surface area contributed by atoms with E-state index in [1.165, 1.54) is 0 Å². The first-order valence-electron chi connectivity index (χ1n) is 6.32. The Bertz CT molecular complexity index is 714. The van der Waals surface area contributed by atoms with E-state index in [-0.39, 0.29) is 5.13 Å². The first-order valence-corrected chi connectivity index (χ1v) is 7.14. The number of nitrogen functional groups attached to an aromatic ring is 1. The highest BCUT2D eigenvalue weighted by Crippen LogP contribution is 2.36. The number of aryl methyl sites for hydroxylation is 3. The van der Waals surface area contributed by atoms with E-state index in [1.807, 2.05) is 19.1 Å². The van der Waals surface area contributed by atoms with E-state index >= 15 is 0 Å². The van der Waals surface area contributed by atoms with E-state index < -0.39 is 22.7 Å². The van der Waals surface area contributed by atoms with Gasteiger partial charge in [-0.3, -0.25) is 4.79 Å². The number of aromatic nitrogens is 1. The standard InChI is InChI=1S/C14H14F3N3OS/c1-6-4-7(2)9(8(3)5-6)19-12(21)10-11(14(15,16)17)20-13(18)22-10/h4-5H,1-3H3,(H2,18,20)(H,19,21). The van der Waals surface area contributed by atoms with Gasteiger partial charge >= 0.3 is 6.18 Å². The maximum Gasteiger partial charge on any atom is 0.435 e. The minimum Gasteiger partial charge on any atom is -0.375 e. The van der Waals surface area contributed by atoms with Crippen LogP contribution in [-0.4, -0.2) is 10.9 Å². The first-order chi connectivity index (χ1) is 10.1. The van der Waals surface area contributed by atoms with Crippen molar-refractivity contribution in [3.8, 4) is 0 Å². The Hall–Kier alpha value is -2.09. The van der Waals surface area contributed by atoms with Gasteiger partial charge in [-0.2, -0.15) is 13.2 Å². The number of nitrogens with zero attached hydrogens (tertiary/aromatic N) is 1. The molecule has 118 valence electrons. The van der Waals surface area contributed by atoms with Crippen LogP contribution in [0.1, 0.15) is 32.1 Å². The molecule has 3 N–H and O–H groups in total. The number of carbonyl (C=O) groups is 1. The van der Waals surface area contributed by atoms with E-state index in [1.54, 1.807) is 13.8 Å². The zero-order chi connectivity index (χ0) is 16.7. The van der Waals surface area contributed by atoms with Crippen molar-refractivity contribution < 1.29 is 18.0 Å². The maximum absolute atomic E-state index is 12.9. The SMILES string of the molecule is Cc1cc(C)c(NC(=O)c2sc(N)nc2C(F)(F)F)c(C)c1. The van der Waals surface area contributed by atoms with Crippen molar-refractivity contribution in [2.24, 2.45) is 0 Å². The smallest absolute Gasteiger partial charge is 0.375 e. The molecule has 0 atom stereocenters. The normalized spacial score (nSPS) is 11.5. The van der Waals surface area contributed by atoms with E-state index in [2.05, 4.69) is 10.3 Å². The second kappa shape index (κ2) is 5.60. The molecule has 0 radical (unpaired) electrons. The number of thiazole rings is 1. The van der Waals surface area contributed by atoms with Crippen molar-refractivity contribution in [1.82, 2.24) is 4.98 Å². The highest BCUT2D eigenvalue weighted by Gasteiger charge is 2.39. The number of anilines is 2. The molecule has 0 aliphatic heterocycles. The van der Waals surface area contributed by atoms with Crippen LogP contribution in [0.25, 0.3) is 0 Å². The lowest BCUT2D eigenvalue weighted by Gasteiger charge is -2.13. The number of nitrogens with two attached hydrogens (primary N) is 1. The van der Waals surface area contributed by atoms with E-state index in [0.717, 1.165) is 16.7 Å². The Morgan fingerprint density at radius 3 is 2.27 bits per heavy atom. The van der Waals surface area contributed by atoms with E-state index in [4.69, 9.17) is 5.73 Å². The summed E-state index contributed by atoms with van der Waals surface area (Å²) in [4.78, 5) is 14.9. The number of carbonyl (C=O) groups excluding carboxylic acids is 1. The van der Waals surface area contributed by atoms with Crippen LogP contribution >= 0.6 is 11.3 Å². The van der Waals surface area contributed by atoms with Gasteiger partial charge in [0.2, 0.25) is 0 Å². The van der Waals surface area contributed by atoms with Gasteiger partial charge in [0.15, 0.2) is 10.8 Å². The molecule has 0 unspecified atom stereocenters. The topological polar surface area (TPSA) is 68.0 Å². The summed E-state index contributed by atoms with van der Waals surface area (Å²) in [5.74, 6) is -0.864. The summed E-state index contributed by atoms with van der Waals surface area (Å²) in [6.45, 7) is 5.46. The summed E-state index contributed by atoms with van der Waals surface area (Å²) >= 11 is 0.518. The van der Waals surface area contributed by atoms with Gasteiger partial charge in [-0.15, -0.1) is 0 Å². The van der Waals surface area contributed by atoms with Gasteiger partial charge in [-0.05, 0) is 31.9 Å². The molecular weight excluding hydrogens is 315 g/mol. The van der Waals surface area contributed by atoms with Crippen molar-refractivity contribution in [1.29, 1.82) is 0 Å². The fraction of sp³-hybridized carbons (Fsp3) is 0.286. The third-order valence-electron chi connectivity index (χ3n) is 3.03. The van der Waals surface area contributed by atoms with Gasteiger partial charge in [0.05, 0.1) is 0 Å². The minimum absolute atomic E-state index is 0.296. The van der Waals surface area contributed by atoms with Gasteiger partial charge in [-0.25, -0.2) is 4.98 Å². The molecule has 22 heavy (non-hydrogen) atoms. The Morgan fingerprint density at radius 2 is 1.77 bits per heavy atom. The number of benzene rings is 1. The lowest BCUT2D eigenvalue weighted by atomic mass is 10.1. The van der Waals surface area contributed by atoms with Crippen molar-refractivity contribution in [2.75, 3.05) is 11.1 Å². The third-order valence-corrected chi connectivity index (χ3v) is 3.92. The van der Waals surface area contributed by atoms with Crippen LogP contribution in [0.3, 0.4) is 0 Å². The molecule has 0 aliphatic carbocycles. The molecule has 0 bridgehead atoms. The second-order valence-electron chi connectivity index (χ2n) is 4.96. The minimum atomic E-state index is -4.72. The van der Waals surface area contributed by atoms with Crippen LogP contribution in [-0.2, 0) is 6.18 Å². The van der Waals surface area contributed by atoms with Gasteiger partial charge in [0.25, 0.3) is 5.91 Å². The van der Waals surface area contributed by atoms with Gasteiger partial charge in [0, 0.05) is 5.69 Å². The predicted octanol–water partition coefficient (Wildman–Crippen LogP) is 3.92. The largest absolute Gasteiger partial charge is 0.435 e. The van der Waals surface area contributed by atoms with Gasteiger partial charge < -0.3 is 11.1 Å². The molecule has 1 heterocycles. The summed E-state index contributed by atoms with van der Waals surface area (Å²) in [6, 6.07) is 3.68. The summed E-state index contributed by atoms with van der Waals surface area (Å²) in [6.07, 6.45) is -4.72. The molecule has 4 nitrogen and oxygen atoms in total. The Kier molecular flexibility index (Phi) is 4.15. The predicted molar refractivity (Wildman–Crippen MR) is 80.1 cm³/mol. The molecule has 1 aromatic carbocycles. The van der Waals surface area contributed by atoms with E-state index in [0.29, 0.717) is 17.0 Å². The van der Waals surface area contributed by atoms with E-state index in [9.17, 15) is 18.0 Å². The summed E-state index contributed by atoms with van der Waals surface area (Å²) in [5, 5.41) is 2.23. The molecule has 2 rings (SSSR count). The molecule has 0 fully saturated rings. The molecule has 0 saturated heterocycles. The van der Waals surface area contributed by atoms with Crippen molar-refractivity contribution in [2.45, 2.75) is 26.9 Å². The number of alkyl halides is 3. The first kappa shape index (κ1) is 16.3. The molecule has 0 saturated carbocycles. The summed E-state index contributed by atoms with van der Waals surface area (Å²) in [7, 11) is 0. The van der Waals surface area contributed by atoms with Gasteiger partial charge in [0.1, 0.15) is 4.88 Å². The number of amides is 1. The molecule has 0 spiro atoms. The Balaban J connectivity index is 2.39. The zero-order valence-electron chi connectivity index (χ0n) is 12.1. The average Bonchev–Trinajstić information content (AvgIpc) is 2.75. The number of rotatable bonds is 2. The lowest BCUT2D eigenvalue weighted by Crippen LogP contribution is -2.18. The maximum atomic E-state index is 12.9. The van der Waals surface area contributed by atoms with Crippen LogP contribution in [0.15, 0.2) is 12.1 Å². The quantitative estimate of drug-likeness (QED) is 0.877. The summed E-state index contributed by atoms with van der Waals surface area (Å²) in [5.41, 5.74) is 7.11. The molecular formula is C14H14F3N3OS. The molecule has 2 aromatic rings. The van der Waals surface area contributed by atoms with Crippen molar-refractivity contribution in [3.63, 3.8) is 0 Å². The van der Waals surface area contributed by atoms with Crippen LogP contribution in [0.2, 0.25) is 0 Å². The zero-order valence-corrected chi connectivity index (χ0v) is 12.9.